The molecule has 0 spiro atoms. The Balaban J connectivity index is 3.27. The van der Waals surface area contributed by atoms with Crippen LogP contribution >= 0.6 is 0 Å². The van der Waals surface area contributed by atoms with E-state index in [-0.39, 0.29) is 11.8 Å². The maximum Gasteiger partial charge on any atom is 0.220 e. The Bertz CT molecular complexity index is 229. The van der Waals surface area contributed by atoms with Crippen molar-refractivity contribution in [1.82, 2.24) is 5.32 Å². The van der Waals surface area contributed by atoms with Crippen LogP contribution in [-0.2, 0) is 4.79 Å². The van der Waals surface area contributed by atoms with Gasteiger partial charge in [-0.25, -0.2) is 0 Å². The molecule has 0 aromatic heterocycles. The van der Waals surface area contributed by atoms with Gasteiger partial charge in [0.15, 0.2) is 0 Å². The molecule has 3 heteroatoms. The van der Waals surface area contributed by atoms with Crippen molar-refractivity contribution in [2.24, 2.45) is 5.92 Å². The summed E-state index contributed by atoms with van der Waals surface area (Å²) in [6.07, 6.45) is 11.6. The molecule has 0 saturated heterocycles. The van der Waals surface area contributed by atoms with Gasteiger partial charge in [-0.2, -0.15) is 0 Å². The van der Waals surface area contributed by atoms with Crippen LogP contribution in [0.3, 0.4) is 0 Å². The lowest BCUT2D eigenvalue weighted by Crippen LogP contribution is -2.34. The Labute approximate surface area is 125 Å². The van der Waals surface area contributed by atoms with E-state index >= 15 is 0 Å². The smallest absolute Gasteiger partial charge is 0.220 e. The first kappa shape index (κ1) is 19.4. The van der Waals surface area contributed by atoms with Crippen molar-refractivity contribution in [3.05, 3.63) is 0 Å². The molecule has 2 N–H and O–H groups in total. The molecule has 0 aromatic rings. The van der Waals surface area contributed by atoms with Crippen molar-refractivity contribution in [2.75, 3.05) is 6.54 Å². The third kappa shape index (κ3) is 12.5. The fourth-order valence-corrected chi connectivity index (χ4v) is 2.14. The number of aliphatic hydroxyl groups excluding tert-OH is 1. The van der Waals surface area contributed by atoms with Gasteiger partial charge in [0.25, 0.3) is 0 Å². The highest BCUT2D eigenvalue weighted by Crippen LogP contribution is 2.10. The summed E-state index contributed by atoms with van der Waals surface area (Å²) >= 11 is 0. The van der Waals surface area contributed by atoms with E-state index in [1.807, 2.05) is 13.8 Å². The molecule has 0 radical (unpaired) electrons. The zero-order valence-electron chi connectivity index (χ0n) is 13.8. The molecule has 20 heavy (non-hydrogen) atoms. The van der Waals surface area contributed by atoms with Gasteiger partial charge in [-0.1, -0.05) is 72.1 Å². The number of unbranched alkanes of at least 4 members (excludes halogenated alkanes) is 8. The van der Waals surface area contributed by atoms with Crippen LogP contribution in [0, 0.1) is 5.92 Å². The van der Waals surface area contributed by atoms with Crippen molar-refractivity contribution in [3.63, 3.8) is 0 Å². The van der Waals surface area contributed by atoms with E-state index in [1.54, 1.807) is 0 Å². The zero-order chi connectivity index (χ0) is 15.2. The van der Waals surface area contributed by atoms with E-state index in [1.165, 1.54) is 44.9 Å². The lowest BCUT2D eigenvalue weighted by atomic mass is 10.1. The van der Waals surface area contributed by atoms with Gasteiger partial charge in [0.05, 0.1) is 6.10 Å². The van der Waals surface area contributed by atoms with Crippen molar-refractivity contribution in [2.45, 2.75) is 91.1 Å². The molecular formula is C17H35NO2. The largest absolute Gasteiger partial charge is 0.391 e. The van der Waals surface area contributed by atoms with E-state index in [2.05, 4.69) is 12.2 Å². The minimum Gasteiger partial charge on any atom is -0.391 e. The minimum atomic E-state index is -0.429. The van der Waals surface area contributed by atoms with Gasteiger partial charge in [-0.05, 0) is 12.3 Å². The molecule has 1 atom stereocenters. The average molecular weight is 285 g/mol. The molecule has 0 aromatic carbocycles. The van der Waals surface area contributed by atoms with E-state index in [0.29, 0.717) is 13.0 Å². The van der Waals surface area contributed by atoms with Crippen LogP contribution in [0.2, 0.25) is 0 Å². The van der Waals surface area contributed by atoms with Crippen molar-refractivity contribution >= 4 is 5.91 Å². The number of hydrogen-bond acceptors (Lipinski definition) is 2. The lowest BCUT2D eigenvalue weighted by molar-refractivity contribution is -0.121. The summed E-state index contributed by atoms with van der Waals surface area (Å²) in [6, 6.07) is 0. The summed E-state index contributed by atoms with van der Waals surface area (Å²) in [5.74, 6) is 0.274. The number of carbonyl (C=O) groups excluding carboxylic acids is 1. The van der Waals surface area contributed by atoms with Crippen molar-refractivity contribution in [1.29, 1.82) is 0 Å². The number of nitrogens with one attached hydrogen (secondary N) is 1. The maximum absolute atomic E-state index is 11.6. The van der Waals surface area contributed by atoms with Gasteiger partial charge in [0.2, 0.25) is 5.91 Å². The lowest BCUT2D eigenvalue weighted by Gasteiger charge is -2.14. The van der Waals surface area contributed by atoms with Crippen LogP contribution in [0.5, 0.6) is 0 Å². The molecule has 0 saturated carbocycles. The van der Waals surface area contributed by atoms with Gasteiger partial charge in [-0.15, -0.1) is 0 Å². The molecule has 120 valence electrons. The van der Waals surface area contributed by atoms with Crippen molar-refractivity contribution in [3.8, 4) is 0 Å². The Morgan fingerprint density at radius 2 is 1.45 bits per heavy atom. The molecular weight excluding hydrogens is 250 g/mol. The molecule has 3 nitrogen and oxygen atoms in total. The summed E-state index contributed by atoms with van der Waals surface area (Å²) in [7, 11) is 0. The SMILES string of the molecule is CCCCCCCCCCCC(=O)NCC(O)C(C)C. The first-order valence-corrected chi connectivity index (χ1v) is 8.52. The number of aliphatic hydroxyl groups is 1. The summed E-state index contributed by atoms with van der Waals surface area (Å²) in [4.78, 5) is 11.6. The van der Waals surface area contributed by atoms with E-state index in [9.17, 15) is 9.90 Å². The first-order valence-electron chi connectivity index (χ1n) is 8.52. The molecule has 0 fully saturated rings. The van der Waals surface area contributed by atoms with E-state index < -0.39 is 6.10 Å². The highest BCUT2D eigenvalue weighted by molar-refractivity contribution is 5.75. The van der Waals surface area contributed by atoms with Crippen LogP contribution in [0.25, 0.3) is 0 Å². The van der Waals surface area contributed by atoms with Gasteiger partial charge >= 0.3 is 0 Å². The quantitative estimate of drug-likeness (QED) is 0.502. The molecule has 0 aliphatic heterocycles. The van der Waals surface area contributed by atoms with Crippen LogP contribution in [0.15, 0.2) is 0 Å². The molecule has 0 aliphatic rings. The molecule has 0 rings (SSSR count). The Kier molecular flexibility index (Phi) is 13.0. The second-order valence-corrected chi connectivity index (χ2v) is 6.19. The average Bonchev–Trinajstić information content (AvgIpc) is 2.42. The van der Waals surface area contributed by atoms with Crippen LogP contribution in [0.4, 0.5) is 0 Å². The highest BCUT2D eigenvalue weighted by atomic mass is 16.3. The Hall–Kier alpha value is -0.570. The molecule has 1 unspecified atom stereocenters. The van der Waals surface area contributed by atoms with Crippen molar-refractivity contribution < 1.29 is 9.90 Å². The van der Waals surface area contributed by atoms with Gasteiger partial charge in [0, 0.05) is 13.0 Å². The third-order valence-electron chi connectivity index (χ3n) is 3.79. The third-order valence-corrected chi connectivity index (χ3v) is 3.79. The maximum atomic E-state index is 11.6. The van der Waals surface area contributed by atoms with Gasteiger partial charge < -0.3 is 10.4 Å². The summed E-state index contributed by atoms with van der Waals surface area (Å²) in [6.45, 7) is 6.54. The fraction of sp³-hybridized carbons (Fsp3) is 0.941. The normalized spacial score (nSPS) is 12.7. The molecule has 0 bridgehead atoms. The monoisotopic (exact) mass is 285 g/mol. The zero-order valence-corrected chi connectivity index (χ0v) is 13.8. The second kappa shape index (κ2) is 13.4. The summed E-state index contributed by atoms with van der Waals surface area (Å²) in [5, 5.41) is 12.4. The first-order chi connectivity index (χ1) is 9.57. The second-order valence-electron chi connectivity index (χ2n) is 6.19. The Morgan fingerprint density at radius 1 is 0.950 bits per heavy atom. The van der Waals surface area contributed by atoms with E-state index in [4.69, 9.17) is 0 Å². The number of carbonyl (C=O) groups is 1. The number of amides is 1. The van der Waals surface area contributed by atoms with E-state index in [0.717, 1.165) is 12.8 Å². The fourth-order valence-electron chi connectivity index (χ4n) is 2.14. The topological polar surface area (TPSA) is 49.3 Å². The molecule has 1 amide bonds. The predicted octanol–water partition coefficient (Wildman–Crippen LogP) is 4.04. The number of rotatable bonds is 13. The summed E-state index contributed by atoms with van der Waals surface area (Å²) < 4.78 is 0. The highest BCUT2D eigenvalue weighted by Gasteiger charge is 2.10. The van der Waals surface area contributed by atoms with Crippen LogP contribution in [0.1, 0.15) is 85.0 Å². The number of hydrogen-bond donors (Lipinski definition) is 2. The minimum absolute atomic E-state index is 0.0765. The predicted molar refractivity (Wildman–Crippen MR) is 85.7 cm³/mol. The Morgan fingerprint density at radius 3 is 1.95 bits per heavy atom. The van der Waals surface area contributed by atoms with Gasteiger partial charge in [-0.3, -0.25) is 4.79 Å². The van der Waals surface area contributed by atoms with Crippen LogP contribution in [-0.4, -0.2) is 23.7 Å². The standard InChI is InChI=1S/C17H35NO2/c1-4-5-6-7-8-9-10-11-12-13-17(20)18-14-16(19)15(2)3/h15-16,19H,4-14H2,1-3H3,(H,18,20). The molecule has 0 heterocycles. The molecule has 0 aliphatic carbocycles. The van der Waals surface area contributed by atoms with Crippen LogP contribution < -0.4 is 5.32 Å². The van der Waals surface area contributed by atoms with Gasteiger partial charge in [0.1, 0.15) is 0 Å². The summed E-state index contributed by atoms with van der Waals surface area (Å²) in [5.41, 5.74) is 0.